The summed E-state index contributed by atoms with van der Waals surface area (Å²) in [7, 11) is 1.51. The van der Waals surface area contributed by atoms with Crippen LogP contribution in [0.2, 0.25) is 0 Å². The van der Waals surface area contributed by atoms with Crippen LogP contribution in [0.5, 0.6) is 0 Å². The summed E-state index contributed by atoms with van der Waals surface area (Å²) in [5.41, 5.74) is 2.55. The first kappa shape index (κ1) is 19.0. The molecule has 0 unspecified atom stereocenters. The van der Waals surface area contributed by atoms with Crippen LogP contribution < -0.4 is 5.32 Å². The average Bonchev–Trinajstić information content (AvgIpc) is 2.97. The van der Waals surface area contributed by atoms with Gasteiger partial charge in [-0.1, -0.05) is 6.07 Å². The van der Waals surface area contributed by atoms with Gasteiger partial charge in [-0.2, -0.15) is 0 Å². The highest BCUT2D eigenvalue weighted by atomic mass is 16.5. The predicted molar refractivity (Wildman–Crippen MR) is 94.3 cm³/mol. The van der Waals surface area contributed by atoms with Gasteiger partial charge in [0.15, 0.2) is 6.61 Å². The number of benzene rings is 1. The lowest BCUT2D eigenvalue weighted by Crippen LogP contribution is -2.46. The Kier molecular flexibility index (Phi) is 5.82. The molecule has 136 valence electrons. The van der Waals surface area contributed by atoms with Crippen molar-refractivity contribution in [2.24, 2.45) is 0 Å². The molecule has 2 rings (SSSR count). The molecule has 6 heteroatoms. The molecule has 1 aliphatic carbocycles. The van der Waals surface area contributed by atoms with E-state index in [1.807, 2.05) is 32.9 Å². The number of likely N-dealkylation sites (N-methyl/N-ethyl adjacent to an activating group) is 1. The van der Waals surface area contributed by atoms with Gasteiger partial charge in [-0.3, -0.25) is 9.59 Å². The van der Waals surface area contributed by atoms with Gasteiger partial charge in [-0.25, -0.2) is 4.79 Å². The van der Waals surface area contributed by atoms with Crippen molar-refractivity contribution in [3.8, 4) is 0 Å². The maximum Gasteiger partial charge on any atom is 0.338 e. The highest BCUT2D eigenvalue weighted by Crippen LogP contribution is 2.23. The van der Waals surface area contributed by atoms with Gasteiger partial charge >= 0.3 is 5.97 Å². The molecule has 6 nitrogen and oxygen atoms in total. The molecule has 0 spiro atoms. The summed E-state index contributed by atoms with van der Waals surface area (Å²) in [4.78, 5) is 37.2. The lowest BCUT2D eigenvalue weighted by atomic mass is 10.1. The molecule has 1 aliphatic rings. The zero-order chi connectivity index (χ0) is 18.6. The molecule has 2 amide bonds. The summed E-state index contributed by atoms with van der Waals surface area (Å²) in [6, 6.07) is 5.52. The van der Waals surface area contributed by atoms with Crippen molar-refractivity contribution in [2.45, 2.75) is 45.6 Å². The zero-order valence-electron chi connectivity index (χ0n) is 15.3. The molecule has 1 aromatic rings. The summed E-state index contributed by atoms with van der Waals surface area (Å²) in [6.07, 6.45) is 3.12. The molecule has 0 bridgehead atoms. The minimum Gasteiger partial charge on any atom is -0.452 e. The van der Waals surface area contributed by atoms with E-state index < -0.39 is 11.9 Å². The van der Waals surface area contributed by atoms with Crippen molar-refractivity contribution in [3.63, 3.8) is 0 Å². The number of ether oxygens (including phenoxy) is 1. The molecule has 0 heterocycles. The van der Waals surface area contributed by atoms with Gasteiger partial charge in [0.2, 0.25) is 5.91 Å². The summed E-state index contributed by atoms with van der Waals surface area (Å²) in [6.45, 7) is 5.14. The highest BCUT2D eigenvalue weighted by molar-refractivity contribution is 5.92. The molecule has 1 N–H and O–H groups in total. The van der Waals surface area contributed by atoms with Crippen LogP contribution in [-0.2, 0) is 27.2 Å². The molecular weight excluding hydrogens is 320 g/mol. The number of fused-ring (bicyclic) bond motifs is 1. The number of aryl methyl sites for hydroxylation is 2. The maximum atomic E-state index is 12.1. The van der Waals surface area contributed by atoms with E-state index in [1.54, 1.807) is 6.07 Å². The van der Waals surface area contributed by atoms with Gasteiger partial charge in [-0.05, 0) is 63.3 Å². The van der Waals surface area contributed by atoms with Crippen LogP contribution in [0, 0.1) is 0 Å². The van der Waals surface area contributed by atoms with Crippen molar-refractivity contribution in [3.05, 3.63) is 34.9 Å². The Labute approximate surface area is 148 Å². The molecule has 1 aromatic carbocycles. The van der Waals surface area contributed by atoms with E-state index in [0.717, 1.165) is 19.3 Å². The molecule has 0 aliphatic heterocycles. The van der Waals surface area contributed by atoms with Gasteiger partial charge in [0.1, 0.15) is 0 Å². The molecule has 0 fully saturated rings. The Morgan fingerprint density at radius 1 is 1.16 bits per heavy atom. The molecule has 25 heavy (non-hydrogen) atoms. The molecule has 0 saturated heterocycles. The van der Waals surface area contributed by atoms with E-state index in [0.29, 0.717) is 5.56 Å². The first-order valence-electron chi connectivity index (χ1n) is 8.49. The smallest absolute Gasteiger partial charge is 0.338 e. The number of nitrogens with zero attached hydrogens (tertiary/aromatic N) is 1. The third kappa shape index (κ3) is 5.59. The molecule has 0 radical (unpaired) electrons. The van der Waals surface area contributed by atoms with Crippen LogP contribution in [-0.4, -0.2) is 48.4 Å². The van der Waals surface area contributed by atoms with Gasteiger partial charge in [0, 0.05) is 12.6 Å². The van der Waals surface area contributed by atoms with Gasteiger partial charge in [0.25, 0.3) is 5.91 Å². The van der Waals surface area contributed by atoms with Crippen molar-refractivity contribution < 1.29 is 19.1 Å². The lowest BCUT2D eigenvalue weighted by Gasteiger charge is -2.23. The SMILES string of the molecule is CN(CC(=O)NC(C)(C)C)C(=O)COC(=O)c1ccc2c(c1)CCC2. The molecule has 0 aromatic heterocycles. The van der Waals surface area contributed by atoms with Crippen LogP contribution in [0.4, 0.5) is 0 Å². The number of carbonyl (C=O) groups excluding carboxylic acids is 3. The van der Waals surface area contributed by atoms with Gasteiger partial charge in [0.05, 0.1) is 12.1 Å². The van der Waals surface area contributed by atoms with Crippen LogP contribution in [0.15, 0.2) is 18.2 Å². The highest BCUT2D eigenvalue weighted by Gasteiger charge is 2.20. The number of rotatable bonds is 5. The monoisotopic (exact) mass is 346 g/mol. The van der Waals surface area contributed by atoms with E-state index >= 15 is 0 Å². The van der Waals surface area contributed by atoms with Crippen LogP contribution in [0.25, 0.3) is 0 Å². The van der Waals surface area contributed by atoms with E-state index in [2.05, 4.69) is 5.32 Å². The number of hydrogen-bond donors (Lipinski definition) is 1. The molecule has 0 atom stereocenters. The van der Waals surface area contributed by atoms with E-state index in [9.17, 15) is 14.4 Å². The van der Waals surface area contributed by atoms with Gasteiger partial charge in [-0.15, -0.1) is 0 Å². The Balaban J connectivity index is 1.82. The fourth-order valence-corrected chi connectivity index (χ4v) is 2.78. The van der Waals surface area contributed by atoms with Crippen molar-refractivity contribution in [1.29, 1.82) is 0 Å². The minimum absolute atomic E-state index is 0.0769. The largest absolute Gasteiger partial charge is 0.452 e. The molecular formula is C19H26N2O4. The number of amides is 2. The van der Waals surface area contributed by atoms with Crippen molar-refractivity contribution in [2.75, 3.05) is 20.2 Å². The Morgan fingerprint density at radius 2 is 1.84 bits per heavy atom. The second kappa shape index (κ2) is 7.68. The number of esters is 1. The van der Waals surface area contributed by atoms with Crippen molar-refractivity contribution in [1.82, 2.24) is 10.2 Å². The van der Waals surface area contributed by atoms with Gasteiger partial charge < -0.3 is 15.0 Å². The van der Waals surface area contributed by atoms with Crippen molar-refractivity contribution >= 4 is 17.8 Å². The van der Waals surface area contributed by atoms with Crippen LogP contribution >= 0.6 is 0 Å². The summed E-state index contributed by atoms with van der Waals surface area (Å²) >= 11 is 0. The summed E-state index contributed by atoms with van der Waals surface area (Å²) < 4.78 is 5.09. The fourth-order valence-electron chi connectivity index (χ4n) is 2.78. The van der Waals surface area contributed by atoms with Crippen LogP contribution in [0.3, 0.4) is 0 Å². The predicted octanol–water partition coefficient (Wildman–Crippen LogP) is 1.71. The number of hydrogen-bond acceptors (Lipinski definition) is 4. The van der Waals surface area contributed by atoms with E-state index in [-0.39, 0.29) is 24.6 Å². The Morgan fingerprint density at radius 3 is 2.52 bits per heavy atom. The topological polar surface area (TPSA) is 75.7 Å². The lowest BCUT2D eigenvalue weighted by molar-refractivity contribution is -0.137. The Bertz CT molecular complexity index is 676. The average molecular weight is 346 g/mol. The standard InChI is InChI=1S/C19H26N2O4/c1-19(2,3)20-16(22)11-21(4)17(23)12-25-18(24)15-9-8-13-6-5-7-14(13)10-15/h8-10H,5-7,11-12H2,1-4H3,(H,20,22). The summed E-state index contributed by atoms with van der Waals surface area (Å²) in [5, 5.41) is 2.78. The second-order valence-corrected chi connectivity index (χ2v) is 7.46. The van der Waals surface area contributed by atoms with E-state index in [1.165, 1.54) is 23.1 Å². The number of carbonyl (C=O) groups is 3. The third-order valence-corrected chi connectivity index (χ3v) is 3.98. The minimum atomic E-state index is -0.518. The van der Waals surface area contributed by atoms with E-state index in [4.69, 9.17) is 4.74 Å². The first-order valence-corrected chi connectivity index (χ1v) is 8.49. The zero-order valence-corrected chi connectivity index (χ0v) is 15.3. The van der Waals surface area contributed by atoms with Crippen LogP contribution in [0.1, 0.15) is 48.7 Å². The Hall–Kier alpha value is -2.37. The quantitative estimate of drug-likeness (QED) is 0.824. The number of nitrogens with one attached hydrogen (secondary N) is 1. The first-order chi connectivity index (χ1) is 11.7. The molecule has 0 saturated carbocycles. The summed E-state index contributed by atoms with van der Waals surface area (Å²) in [5.74, 6) is -1.19. The second-order valence-electron chi connectivity index (χ2n) is 7.46. The third-order valence-electron chi connectivity index (χ3n) is 3.98. The normalized spacial score (nSPS) is 13.1. The maximum absolute atomic E-state index is 12.1. The fraction of sp³-hybridized carbons (Fsp3) is 0.526.